The minimum Gasteiger partial charge on any atom is -0.383 e. The number of allylic oxidation sites excluding steroid dienone is 1. The van der Waals surface area contributed by atoms with Gasteiger partial charge in [-0.3, -0.25) is 9.79 Å². The molecule has 1 aromatic carbocycles. The van der Waals surface area contributed by atoms with E-state index in [0.717, 1.165) is 34.7 Å². The number of aromatic nitrogens is 3. The highest BCUT2D eigenvalue weighted by molar-refractivity contribution is 7.16. The zero-order valence-corrected chi connectivity index (χ0v) is 13.9. The molecule has 0 fully saturated rings. The van der Waals surface area contributed by atoms with Crippen molar-refractivity contribution in [2.45, 2.75) is 19.8 Å². The first-order valence-corrected chi connectivity index (χ1v) is 8.52. The molecule has 7 heteroatoms. The van der Waals surface area contributed by atoms with Gasteiger partial charge in [-0.2, -0.15) is 14.6 Å². The van der Waals surface area contributed by atoms with Crippen LogP contribution in [0.1, 0.15) is 29.5 Å². The normalized spacial score (nSPS) is 14.6. The lowest BCUT2D eigenvalue weighted by molar-refractivity contribution is 0.842. The summed E-state index contributed by atoms with van der Waals surface area (Å²) in [6.45, 7) is 2.08. The Morgan fingerprint density at radius 2 is 2.17 bits per heavy atom. The van der Waals surface area contributed by atoms with Crippen LogP contribution in [0.4, 0.5) is 11.5 Å². The molecular weight excluding hydrogens is 322 g/mol. The van der Waals surface area contributed by atoms with Crippen molar-refractivity contribution >= 4 is 45.7 Å². The maximum atomic E-state index is 12.4. The summed E-state index contributed by atoms with van der Waals surface area (Å²) >= 11 is 1.40. The molecule has 0 unspecified atom stereocenters. The number of fused-ring (bicyclic) bond motifs is 2. The van der Waals surface area contributed by atoms with Crippen molar-refractivity contribution in [1.82, 2.24) is 14.6 Å². The van der Waals surface area contributed by atoms with E-state index in [4.69, 9.17) is 5.73 Å². The van der Waals surface area contributed by atoms with Crippen LogP contribution < -0.4 is 11.3 Å². The zero-order valence-electron chi connectivity index (χ0n) is 13.1. The fourth-order valence-electron chi connectivity index (χ4n) is 2.68. The molecule has 0 atom stereocenters. The third-order valence-corrected chi connectivity index (χ3v) is 4.82. The van der Waals surface area contributed by atoms with E-state index >= 15 is 0 Å². The predicted octanol–water partition coefficient (Wildman–Crippen LogP) is 2.94. The molecule has 2 aromatic heterocycles. The van der Waals surface area contributed by atoms with Crippen molar-refractivity contribution in [2.24, 2.45) is 4.99 Å². The van der Waals surface area contributed by atoms with E-state index < -0.39 is 0 Å². The molecule has 0 aliphatic carbocycles. The molecule has 0 radical (unpaired) electrons. The maximum Gasteiger partial charge on any atom is 0.283 e. The number of nitrogens with zero attached hydrogens (tertiary/aromatic N) is 4. The summed E-state index contributed by atoms with van der Waals surface area (Å²) < 4.78 is 1.56. The predicted molar refractivity (Wildman–Crippen MR) is 98.0 cm³/mol. The van der Waals surface area contributed by atoms with Crippen molar-refractivity contribution in [3.05, 3.63) is 50.8 Å². The highest BCUT2D eigenvalue weighted by atomic mass is 32.1. The van der Waals surface area contributed by atoms with Gasteiger partial charge in [0, 0.05) is 23.8 Å². The molecular formula is C17H15N5OS. The first kappa shape index (κ1) is 14.8. The molecule has 3 aromatic rings. The summed E-state index contributed by atoms with van der Waals surface area (Å²) in [5.74, 6) is 0.314. The van der Waals surface area contributed by atoms with Gasteiger partial charge in [0.05, 0.1) is 11.3 Å². The molecule has 4 rings (SSSR count). The molecule has 120 valence electrons. The van der Waals surface area contributed by atoms with Crippen LogP contribution in [0.3, 0.4) is 0 Å². The van der Waals surface area contributed by atoms with E-state index in [1.54, 1.807) is 16.8 Å². The Hall–Kier alpha value is -2.80. The van der Waals surface area contributed by atoms with Crippen LogP contribution in [0, 0.1) is 0 Å². The maximum absolute atomic E-state index is 12.4. The fourth-order valence-corrected chi connectivity index (χ4v) is 3.67. The summed E-state index contributed by atoms with van der Waals surface area (Å²) in [4.78, 5) is 21.4. The largest absolute Gasteiger partial charge is 0.383 e. The highest BCUT2D eigenvalue weighted by Crippen LogP contribution is 2.32. The average molecular weight is 337 g/mol. The number of hydrogen-bond donors (Lipinski definition) is 1. The van der Waals surface area contributed by atoms with E-state index in [1.165, 1.54) is 11.3 Å². The number of para-hydroxylation sites is 1. The molecule has 1 aliphatic heterocycles. The first-order chi connectivity index (χ1) is 11.7. The van der Waals surface area contributed by atoms with Crippen LogP contribution in [0.2, 0.25) is 0 Å². The fraction of sp³-hybridized carbons (Fsp3) is 0.176. The van der Waals surface area contributed by atoms with Gasteiger partial charge in [0.1, 0.15) is 10.8 Å². The lowest BCUT2D eigenvalue weighted by atomic mass is 10.1. The molecule has 6 nitrogen and oxygen atoms in total. The van der Waals surface area contributed by atoms with Crippen molar-refractivity contribution in [3.8, 4) is 0 Å². The summed E-state index contributed by atoms with van der Waals surface area (Å²) in [5.41, 5.74) is 8.92. The Morgan fingerprint density at radius 3 is 3.00 bits per heavy atom. The topological polar surface area (TPSA) is 85.6 Å². The summed E-state index contributed by atoms with van der Waals surface area (Å²) in [5, 5.41) is 5.39. The quantitative estimate of drug-likeness (QED) is 0.796. The van der Waals surface area contributed by atoms with Gasteiger partial charge < -0.3 is 5.73 Å². The highest BCUT2D eigenvalue weighted by Gasteiger charge is 2.16. The molecule has 0 spiro atoms. The van der Waals surface area contributed by atoms with Crippen molar-refractivity contribution < 1.29 is 0 Å². The third-order valence-electron chi connectivity index (χ3n) is 3.86. The van der Waals surface area contributed by atoms with Gasteiger partial charge >= 0.3 is 0 Å². The number of nitrogen functional groups attached to an aromatic ring is 1. The van der Waals surface area contributed by atoms with Crippen molar-refractivity contribution in [2.75, 3.05) is 5.73 Å². The number of hydrogen-bond acceptors (Lipinski definition) is 6. The van der Waals surface area contributed by atoms with E-state index in [1.807, 2.05) is 24.3 Å². The molecule has 0 saturated carbocycles. The van der Waals surface area contributed by atoms with Gasteiger partial charge in [0.2, 0.25) is 4.96 Å². The Balaban J connectivity index is 1.87. The molecule has 3 heterocycles. The van der Waals surface area contributed by atoms with Crippen LogP contribution in [-0.4, -0.2) is 20.8 Å². The lowest BCUT2D eigenvalue weighted by Gasteiger charge is -2.03. The monoisotopic (exact) mass is 337 g/mol. The van der Waals surface area contributed by atoms with Gasteiger partial charge in [-0.1, -0.05) is 36.5 Å². The number of rotatable bonds is 3. The summed E-state index contributed by atoms with van der Waals surface area (Å²) in [6, 6.07) is 7.77. The molecule has 1 aliphatic rings. The van der Waals surface area contributed by atoms with Crippen molar-refractivity contribution in [3.63, 3.8) is 0 Å². The Labute approximate surface area is 142 Å². The number of aliphatic imine (C=N–C) groups is 1. The van der Waals surface area contributed by atoms with Gasteiger partial charge in [-0.05, 0) is 18.6 Å². The lowest BCUT2D eigenvalue weighted by Crippen LogP contribution is -2.16. The number of nitrogens with two attached hydrogens (primary N) is 1. The zero-order chi connectivity index (χ0) is 16.7. The van der Waals surface area contributed by atoms with Gasteiger partial charge in [-0.25, -0.2) is 0 Å². The van der Waals surface area contributed by atoms with Crippen LogP contribution in [-0.2, 0) is 6.42 Å². The summed E-state index contributed by atoms with van der Waals surface area (Å²) in [7, 11) is 0. The first-order valence-electron chi connectivity index (χ1n) is 7.70. The SMILES string of the molecule is CCCc1nn2c(N)c(C=C3C=Nc4ccccc43)c(=O)nc2s1. The third kappa shape index (κ3) is 2.33. The standard InChI is InChI=1S/C17H15N5OS/c1-2-5-14-21-22-15(18)12(16(23)20-17(22)24-14)8-10-9-19-13-7-4-3-6-11(10)13/h3-4,6-9H,2,5,18H2,1H3. The Bertz CT molecular complexity index is 1060. The molecule has 0 amide bonds. The van der Waals surface area contributed by atoms with E-state index in [2.05, 4.69) is 22.0 Å². The molecule has 24 heavy (non-hydrogen) atoms. The van der Waals surface area contributed by atoms with E-state index in [9.17, 15) is 4.79 Å². The number of benzene rings is 1. The van der Waals surface area contributed by atoms with Gasteiger partial charge in [0.25, 0.3) is 5.56 Å². The van der Waals surface area contributed by atoms with E-state index in [0.29, 0.717) is 16.3 Å². The Morgan fingerprint density at radius 1 is 1.33 bits per heavy atom. The second-order valence-corrected chi connectivity index (χ2v) is 6.57. The second kappa shape index (κ2) is 5.68. The minimum atomic E-state index is -0.343. The molecule has 0 bridgehead atoms. The smallest absolute Gasteiger partial charge is 0.283 e. The minimum absolute atomic E-state index is 0.314. The van der Waals surface area contributed by atoms with Crippen LogP contribution in [0.15, 0.2) is 34.1 Å². The molecule has 0 saturated heterocycles. The second-order valence-electron chi connectivity index (χ2n) is 5.53. The summed E-state index contributed by atoms with van der Waals surface area (Å²) in [6.07, 6.45) is 5.31. The average Bonchev–Trinajstić information content (AvgIpc) is 3.16. The molecule has 2 N–H and O–H groups in total. The van der Waals surface area contributed by atoms with Crippen LogP contribution in [0.25, 0.3) is 16.6 Å². The van der Waals surface area contributed by atoms with Crippen molar-refractivity contribution in [1.29, 1.82) is 0 Å². The number of anilines is 1. The number of aryl methyl sites for hydroxylation is 1. The Kier molecular flexibility index (Phi) is 3.50. The van der Waals surface area contributed by atoms with Crippen LogP contribution in [0.5, 0.6) is 0 Å². The van der Waals surface area contributed by atoms with Crippen LogP contribution >= 0.6 is 11.3 Å². The van der Waals surface area contributed by atoms with Gasteiger partial charge in [0.15, 0.2) is 0 Å². The van der Waals surface area contributed by atoms with E-state index in [-0.39, 0.29) is 5.56 Å². The van der Waals surface area contributed by atoms with Gasteiger partial charge in [-0.15, -0.1) is 0 Å².